The molecule has 0 bridgehead atoms. The third-order valence-corrected chi connectivity index (χ3v) is 30.5. The highest BCUT2D eigenvalue weighted by Gasteiger charge is 2.43. The molecule has 3 aromatic heterocycles. The molecule has 30 heteroatoms. The summed E-state index contributed by atoms with van der Waals surface area (Å²) in [6.07, 6.45) is 16.6. The standard InChI is InChI=1S/C27H38ClN5O4Si.C24H34ClN5O2Si.C21H24ClN5O4/c1-27(2,3)38(5,6)37-20-13-11-19(12-14-20)30-25-29-15-18-16-32(22-10-8-7-9-21(22)28)26(35)33(24(18)31-25)17-23(34)36-4;1-24(2,3)33(4,5)32-18-12-10-17(11-13-18)27-22-26-14-16-15-30(23(31)29-21(16)28-22)20-9-7-6-8-19(20)25;1-31-18(29)12-27-19-13(11-26(21(27)30)17-5-3-2-4-16(17)22)10-23-20(25-19)24-14-6-8-15(28)9-7-14/h7-10,15,19-20H,11-14,16-17H2,1-6H3,(H,29,30,31);6-9,14,17-18H,10-13,15H2,1-5H3,(H2,26,27,28,29,31);2-5,10,14-15,28H,6-9,11-12H2,1H3,(H,23,24,25). The van der Waals surface area contributed by atoms with Gasteiger partial charge in [0, 0.05) is 65.6 Å². The third kappa shape index (κ3) is 18.8. The summed E-state index contributed by atoms with van der Waals surface area (Å²) in [5, 5.41) is 24.6. The van der Waals surface area contributed by atoms with Crippen LogP contribution in [-0.2, 0) is 47.5 Å². The molecule has 548 valence electrons. The van der Waals surface area contributed by atoms with Crippen LogP contribution in [0.5, 0.6) is 0 Å². The van der Waals surface area contributed by atoms with Crippen LogP contribution in [0, 0.1) is 0 Å². The summed E-state index contributed by atoms with van der Waals surface area (Å²) in [5.74, 6) is 1.58. The summed E-state index contributed by atoms with van der Waals surface area (Å²) < 4.78 is 22.9. The highest BCUT2D eigenvalue weighted by atomic mass is 35.5. The number of benzene rings is 3. The number of nitrogens with zero attached hydrogens (tertiary/aromatic N) is 11. The van der Waals surface area contributed by atoms with Crippen LogP contribution in [0.4, 0.5) is 66.7 Å². The van der Waals surface area contributed by atoms with E-state index < -0.39 is 40.6 Å². The van der Waals surface area contributed by atoms with E-state index in [4.69, 9.17) is 53.1 Å². The minimum Gasteiger partial charge on any atom is -0.468 e. The van der Waals surface area contributed by atoms with Gasteiger partial charge in [0.1, 0.15) is 30.5 Å². The van der Waals surface area contributed by atoms with Crippen molar-refractivity contribution in [3.05, 3.63) is 123 Å². The maximum atomic E-state index is 13.5. The summed E-state index contributed by atoms with van der Waals surface area (Å²) >= 11 is 19.0. The minimum atomic E-state index is -1.80. The lowest BCUT2D eigenvalue weighted by Crippen LogP contribution is -2.50. The average molecular weight is 1490 g/mol. The first kappa shape index (κ1) is 76.9. The zero-order valence-electron chi connectivity index (χ0n) is 60.3. The van der Waals surface area contributed by atoms with Crippen molar-refractivity contribution in [3.63, 3.8) is 0 Å². The molecular formula is C72H96Cl3N15O10Si2. The molecule has 0 unspecified atom stereocenters. The second-order valence-corrected chi connectivity index (χ2v) is 40.5. The summed E-state index contributed by atoms with van der Waals surface area (Å²) in [7, 11) is -0.980. The van der Waals surface area contributed by atoms with Gasteiger partial charge >= 0.3 is 30.0 Å². The van der Waals surface area contributed by atoms with Crippen molar-refractivity contribution in [1.29, 1.82) is 0 Å². The van der Waals surface area contributed by atoms with Crippen LogP contribution in [0.2, 0.25) is 51.3 Å². The number of amides is 6. The van der Waals surface area contributed by atoms with E-state index in [2.05, 4.69) is 119 Å². The number of urea groups is 3. The first-order chi connectivity index (χ1) is 48.4. The van der Waals surface area contributed by atoms with E-state index in [9.17, 15) is 29.1 Å². The maximum Gasteiger partial charge on any atom is 0.331 e. The molecule has 0 atom stereocenters. The Morgan fingerprint density at radius 2 is 0.843 bits per heavy atom. The average Bonchev–Trinajstić information content (AvgIpc) is 0.773. The van der Waals surface area contributed by atoms with Gasteiger partial charge in [0.05, 0.1) is 72.1 Å². The number of esters is 2. The highest BCUT2D eigenvalue weighted by molar-refractivity contribution is 6.74. The number of rotatable bonds is 17. The number of aliphatic hydroxyl groups is 1. The number of hydrogen-bond acceptors (Lipinski definition) is 19. The molecule has 25 nitrogen and oxygen atoms in total. The third-order valence-electron chi connectivity index (χ3n) is 20.5. The van der Waals surface area contributed by atoms with E-state index >= 15 is 0 Å². The second-order valence-electron chi connectivity index (χ2n) is 29.7. The number of anilines is 9. The van der Waals surface area contributed by atoms with Crippen LogP contribution in [-0.4, -0.2) is 145 Å². The van der Waals surface area contributed by atoms with Gasteiger partial charge in [-0.1, -0.05) is 113 Å². The number of aliphatic hydroxyl groups excluding tert-OH is 1. The monoisotopic (exact) mass is 1490 g/mol. The van der Waals surface area contributed by atoms with E-state index in [-0.39, 0.29) is 66.6 Å². The molecule has 6 aliphatic rings. The van der Waals surface area contributed by atoms with E-state index in [1.165, 1.54) is 33.8 Å². The van der Waals surface area contributed by atoms with Crippen molar-refractivity contribution in [3.8, 4) is 0 Å². The van der Waals surface area contributed by atoms with E-state index in [0.29, 0.717) is 97.2 Å². The lowest BCUT2D eigenvalue weighted by molar-refractivity contribution is -0.139. The molecule has 5 N–H and O–H groups in total. The van der Waals surface area contributed by atoms with Crippen molar-refractivity contribution < 1.29 is 47.4 Å². The molecule has 3 aliphatic heterocycles. The topological polar surface area (TPSA) is 284 Å². The first-order valence-corrected chi connectivity index (χ1v) is 41.9. The Morgan fingerprint density at radius 3 is 1.21 bits per heavy atom. The molecule has 3 aromatic carbocycles. The number of ether oxygens (including phenoxy) is 2. The number of aromatic nitrogens is 6. The second kappa shape index (κ2) is 32.9. The van der Waals surface area contributed by atoms with Crippen LogP contribution >= 0.6 is 34.8 Å². The van der Waals surface area contributed by atoms with Crippen molar-refractivity contribution >= 4 is 134 Å². The van der Waals surface area contributed by atoms with Crippen LogP contribution in [0.15, 0.2) is 91.4 Å². The van der Waals surface area contributed by atoms with Gasteiger partial charge in [-0.3, -0.25) is 39.4 Å². The number of hydrogen-bond donors (Lipinski definition) is 5. The first-order valence-electron chi connectivity index (χ1n) is 34.9. The summed E-state index contributed by atoms with van der Waals surface area (Å²) in [6.45, 7) is 23.2. The Balaban J connectivity index is 0.000000166. The Bertz CT molecular complexity index is 3980. The number of para-hydroxylation sites is 3. The fraction of sp³-hybridized carbons (Fsp3) is 0.514. The fourth-order valence-corrected chi connectivity index (χ4v) is 16.1. The van der Waals surface area contributed by atoms with E-state index in [1.807, 2.05) is 24.3 Å². The van der Waals surface area contributed by atoms with Gasteiger partial charge in [-0.15, -0.1) is 0 Å². The van der Waals surface area contributed by atoms with Gasteiger partial charge in [-0.25, -0.2) is 29.3 Å². The van der Waals surface area contributed by atoms with Gasteiger partial charge in [0.25, 0.3) is 0 Å². The van der Waals surface area contributed by atoms with Crippen molar-refractivity contribution in [1.82, 2.24) is 29.9 Å². The Hall–Kier alpha value is -7.77. The number of carbonyl (C=O) groups is 5. The number of nitrogens with one attached hydrogen (secondary N) is 4. The molecule has 3 aliphatic carbocycles. The molecule has 0 spiro atoms. The summed E-state index contributed by atoms with van der Waals surface area (Å²) in [5.41, 5.74) is 4.02. The van der Waals surface area contributed by atoms with Crippen molar-refractivity contribution in [2.24, 2.45) is 0 Å². The van der Waals surface area contributed by atoms with Crippen LogP contribution in [0.25, 0.3) is 0 Å². The quantitative estimate of drug-likeness (QED) is 0.0419. The zero-order valence-corrected chi connectivity index (χ0v) is 64.6. The molecule has 6 aromatic rings. The Morgan fingerprint density at radius 1 is 0.510 bits per heavy atom. The maximum absolute atomic E-state index is 13.5. The number of carbonyl (C=O) groups excluding carboxylic acids is 5. The predicted octanol–water partition coefficient (Wildman–Crippen LogP) is 15.4. The number of methoxy groups -OCH3 is 2. The molecule has 3 saturated carbocycles. The molecule has 6 amide bonds. The van der Waals surface area contributed by atoms with E-state index in [1.54, 1.807) is 72.0 Å². The molecule has 3 fully saturated rings. The van der Waals surface area contributed by atoms with Crippen molar-refractivity contribution in [2.45, 2.75) is 211 Å². The van der Waals surface area contributed by atoms with Crippen LogP contribution in [0.3, 0.4) is 0 Å². The normalized spacial score (nSPS) is 20.8. The van der Waals surface area contributed by atoms with Gasteiger partial charge < -0.3 is 39.4 Å². The molecular weight excluding hydrogens is 1400 g/mol. The van der Waals surface area contributed by atoms with Gasteiger partial charge in [0.2, 0.25) is 17.8 Å². The molecule has 12 rings (SSSR count). The summed E-state index contributed by atoms with van der Waals surface area (Å²) in [4.78, 5) is 98.3. The zero-order chi connectivity index (χ0) is 73.4. The molecule has 0 saturated heterocycles. The Kier molecular flexibility index (Phi) is 24.8. The minimum absolute atomic E-state index is 0.148. The smallest absolute Gasteiger partial charge is 0.331 e. The van der Waals surface area contributed by atoms with E-state index in [0.717, 1.165) is 82.6 Å². The number of halogens is 3. The largest absolute Gasteiger partial charge is 0.468 e. The predicted molar refractivity (Wildman–Crippen MR) is 405 cm³/mol. The lowest BCUT2D eigenvalue weighted by atomic mass is 9.93. The van der Waals surface area contributed by atoms with Crippen LogP contribution in [0.1, 0.15) is 135 Å². The van der Waals surface area contributed by atoms with Gasteiger partial charge in [-0.2, -0.15) is 15.0 Å². The fourth-order valence-electron chi connectivity index (χ4n) is 12.5. The Labute approximate surface area is 614 Å². The highest BCUT2D eigenvalue weighted by Crippen LogP contribution is 2.43. The SMILES string of the molecule is CC(C)(C)[Si](C)(C)OC1CCC(Nc2ncc3c(n2)NC(=O)N(c2ccccc2Cl)C3)CC1.COC(=O)CN1C(=O)N(c2ccccc2Cl)Cc2cnc(NC3CCC(O)CC3)nc21.COC(=O)CN1C(=O)N(c2ccccc2Cl)Cc2cnc(NC3CCC(O[Si](C)(C)C(C)(C)C)CC3)nc21. The number of fused-ring (bicyclic) bond motifs is 3. The molecule has 0 radical (unpaired) electrons. The summed E-state index contributed by atoms with van der Waals surface area (Å²) in [6, 6.07) is 21.0. The van der Waals surface area contributed by atoms with Gasteiger partial charge in [-0.05, 0) is 150 Å². The van der Waals surface area contributed by atoms with Crippen molar-refractivity contribution in [2.75, 3.05) is 73.1 Å². The lowest BCUT2D eigenvalue weighted by Gasteiger charge is -2.41. The van der Waals surface area contributed by atoms with Crippen LogP contribution < -0.4 is 45.8 Å². The molecule has 102 heavy (non-hydrogen) atoms. The molecule has 6 heterocycles. The van der Waals surface area contributed by atoms with Gasteiger partial charge in [0.15, 0.2) is 16.6 Å².